The molecular formula is C14H8Cl2FN3O4. The number of hydrogen-bond donors (Lipinski definition) is 2. The smallest absolute Gasteiger partial charge is 0.314 e. The van der Waals surface area contributed by atoms with Gasteiger partial charge >= 0.3 is 11.8 Å². The van der Waals surface area contributed by atoms with E-state index in [1.807, 2.05) is 0 Å². The summed E-state index contributed by atoms with van der Waals surface area (Å²) in [5.74, 6) is -2.81. The Morgan fingerprint density at radius 1 is 0.958 bits per heavy atom. The highest BCUT2D eigenvalue weighted by atomic mass is 35.5. The Labute approximate surface area is 144 Å². The lowest BCUT2D eigenvalue weighted by Crippen LogP contribution is -2.29. The summed E-state index contributed by atoms with van der Waals surface area (Å²) in [6, 6.07) is 6.91. The number of nitro benzene ring substituents is 1. The van der Waals surface area contributed by atoms with Gasteiger partial charge in [0.15, 0.2) is 0 Å². The zero-order valence-electron chi connectivity index (χ0n) is 11.7. The number of benzene rings is 2. The van der Waals surface area contributed by atoms with Gasteiger partial charge in [-0.15, -0.1) is 0 Å². The number of nitrogens with zero attached hydrogens (tertiary/aromatic N) is 1. The number of hydrogen-bond acceptors (Lipinski definition) is 4. The third-order valence-corrected chi connectivity index (χ3v) is 3.39. The number of anilines is 2. The van der Waals surface area contributed by atoms with Gasteiger partial charge in [-0.05, 0) is 30.3 Å². The second kappa shape index (κ2) is 7.24. The lowest BCUT2D eigenvalue weighted by molar-refractivity contribution is -0.384. The van der Waals surface area contributed by atoms with Crippen molar-refractivity contribution in [1.29, 1.82) is 0 Å². The van der Waals surface area contributed by atoms with Crippen molar-refractivity contribution in [2.24, 2.45) is 0 Å². The predicted molar refractivity (Wildman–Crippen MR) is 86.8 cm³/mol. The largest absolute Gasteiger partial charge is 0.318 e. The molecule has 0 unspecified atom stereocenters. The lowest BCUT2D eigenvalue weighted by atomic mass is 10.2. The molecule has 0 saturated carbocycles. The zero-order valence-corrected chi connectivity index (χ0v) is 13.2. The van der Waals surface area contributed by atoms with E-state index in [-0.39, 0.29) is 21.4 Å². The van der Waals surface area contributed by atoms with Crippen LogP contribution in [0.15, 0.2) is 36.4 Å². The van der Waals surface area contributed by atoms with Crippen LogP contribution in [0.2, 0.25) is 10.0 Å². The second-order valence-electron chi connectivity index (χ2n) is 4.46. The monoisotopic (exact) mass is 371 g/mol. The molecule has 24 heavy (non-hydrogen) atoms. The first-order chi connectivity index (χ1) is 11.3. The van der Waals surface area contributed by atoms with Crippen molar-refractivity contribution in [3.05, 3.63) is 62.4 Å². The number of halogens is 3. The quantitative estimate of drug-likeness (QED) is 0.488. The van der Waals surface area contributed by atoms with Gasteiger partial charge in [0.05, 0.1) is 9.95 Å². The third-order valence-electron chi connectivity index (χ3n) is 2.78. The van der Waals surface area contributed by atoms with Gasteiger partial charge in [0, 0.05) is 17.4 Å². The predicted octanol–water partition coefficient (Wildman–Crippen LogP) is 3.62. The molecule has 2 rings (SSSR count). The minimum absolute atomic E-state index is 0.0170. The maximum absolute atomic E-state index is 13.0. The summed E-state index contributed by atoms with van der Waals surface area (Å²) in [5.41, 5.74) is -0.285. The SMILES string of the molecule is O=C(Nc1ccc(F)c(Cl)c1)C(=O)Nc1ccc(Cl)c([N+](=O)[O-])c1. The Kier molecular flexibility index (Phi) is 5.32. The van der Waals surface area contributed by atoms with Crippen molar-refractivity contribution in [2.75, 3.05) is 10.6 Å². The average molecular weight is 372 g/mol. The summed E-state index contributed by atoms with van der Waals surface area (Å²) in [4.78, 5) is 33.6. The minimum atomic E-state index is -1.08. The topological polar surface area (TPSA) is 101 Å². The van der Waals surface area contributed by atoms with E-state index in [4.69, 9.17) is 23.2 Å². The third kappa shape index (κ3) is 4.18. The molecule has 2 aromatic carbocycles. The standard InChI is InChI=1S/C14H8Cl2FN3O4/c15-9-3-1-8(6-12(9)20(23)24)19-14(22)13(21)18-7-2-4-11(17)10(16)5-7/h1-6H,(H,18,21)(H,19,22). The van der Waals surface area contributed by atoms with Crippen molar-refractivity contribution in [2.45, 2.75) is 0 Å². The van der Waals surface area contributed by atoms with Crippen molar-refractivity contribution in [1.82, 2.24) is 0 Å². The van der Waals surface area contributed by atoms with E-state index >= 15 is 0 Å². The minimum Gasteiger partial charge on any atom is -0.318 e. The maximum Gasteiger partial charge on any atom is 0.314 e. The average Bonchev–Trinajstić information content (AvgIpc) is 2.52. The fraction of sp³-hybridized carbons (Fsp3) is 0. The first kappa shape index (κ1) is 17.6. The molecule has 2 N–H and O–H groups in total. The summed E-state index contributed by atoms with van der Waals surface area (Å²) in [6.45, 7) is 0. The Balaban J connectivity index is 2.09. The van der Waals surface area contributed by atoms with Crippen LogP contribution in [0.5, 0.6) is 0 Å². The van der Waals surface area contributed by atoms with Crippen LogP contribution in [0.25, 0.3) is 0 Å². The van der Waals surface area contributed by atoms with E-state index in [2.05, 4.69) is 10.6 Å². The van der Waals surface area contributed by atoms with Gasteiger partial charge in [-0.2, -0.15) is 0 Å². The molecular weight excluding hydrogens is 364 g/mol. The van der Waals surface area contributed by atoms with E-state index in [1.54, 1.807) is 0 Å². The number of nitrogens with one attached hydrogen (secondary N) is 2. The summed E-state index contributed by atoms with van der Waals surface area (Å²) in [7, 11) is 0. The zero-order chi connectivity index (χ0) is 17.9. The van der Waals surface area contributed by atoms with Crippen LogP contribution in [0.1, 0.15) is 0 Å². The molecule has 0 aliphatic heterocycles. The molecule has 2 amide bonds. The molecule has 0 saturated heterocycles. The molecule has 0 radical (unpaired) electrons. The molecule has 10 heteroatoms. The highest BCUT2D eigenvalue weighted by Crippen LogP contribution is 2.27. The summed E-state index contributed by atoms with van der Waals surface area (Å²) in [6.07, 6.45) is 0. The van der Waals surface area contributed by atoms with Gasteiger partial charge in [-0.1, -0.05) is 23.2 Å². The number of rotatable bonds is 3. The highest BCUT2D eigenvalue weighted by molar-refractivity contribution is 6.44. The molecule has 0 bridgehead atoms. The highest BCUT2D eigenvalue weighted by Gasteiger charge is 2.18. The van der Waals surface area contributed by atoms with Crippen molar-refractivity contribution < 1.29 is 18.9 Å². The first-order valence-electron chi connectivity index (χ1n) is 6.29. The van der Waals surface area contributed by atoms with E-state index in [1.165, 1.54) is 18.2 Å². The fourth-order valence-corrected chi connectivity index (χ4v) is 2.05. The number of carbonyl (C=O) groups is 2. The van der Waals surface area contributed by atoms with Crippen LogP contribution < -0.4 is 10.6 Å². The molecule has 0 atom stereocenters. The Bertz CT molecular complexity index is 845. The van der Waals surface area contributed by atoms with Crippen LogP contribution in [-0.4, -0.2) is 16.7 Å². The van der Waals surface area contributed by atoms with Crippen LogP contribution in [0.4, 0.5) is 21.5 Å². The summed E-state index contributed by atoms with van der Waals surface area (Å²) >= 11 is 11.2. The molecule has 0 fully saturated rings. The van der Waals surface area contributed by atoms with E-state index in [9.17, 15) is 24.1 Å². The summed E-state index contributed by atoms with van der Waals surface area (Å²) < 4.78 is 13.0. The van der Waals surface area contributed by atoms with Gasteiger partial charge in [-0.25, -0.2) is 4.39 Å². The molecule has 7 nitrogen and oxygen atoms in total. The Hall–Kier alpha value is -2.71. The molecule has 2 aromatic rings. The maximum atomic E-state index is 13.0. The normalized spacial score (nSPS) is 10.1. The van der Waals surface area contributed by atoms with Gasteiger partial charge in [0.1, 0.15) is 10.8 Å². The lowest BCUT2D eigenvalue weighted by Gasteiger charge is -2.07. The molecule has 0 spiro atoms. The molecule has 0 aliphatic rings. The van der Waals surface area contributed by atoms with E-state index < -0.39 is 28.2 Å². The molecule has 124 valence electrons. The van der Waals surface area contributed by atoms with Gasteiger partial charge in [0.2, 0.25) is 0 Å². The molecule has 0 aliphatic carbocycles. The van der Waals surface area contributed by atoms with Crippen LogP contribution in [0.3, 0.4) is 0 Å². The van der Waals surface area contributed by atoms with Gasteiger partial charge in [0.25, 0.3) is 5.69 Å². The number of nitro groups is 1. The first-order valence-corrected chi connectivity index (χ1v) is 7.05. The van der Waals surface area contributed by atoms with Crippen molar-refractivity contribution >= 4 is 52.1 Å². The molecule has 0 aromatic heterocycles. The van der Waals surface area contributed by atoms with E-state index in [0.717, 1.165) is 18.2 Å². The number of carbonyl (C=O) groups excluding carboxylic acids is 2. The van der Waals surface area contributed by atoms with Crippen molar-refractivity contribution in [3.8, 4) is 0 Å². The Morgan fingerprint density at radius 3 is 2.04 bits per heavy atom. The van der Waals surface area contributed by atoms with Crippen LogP contribution >= 0.6 is 23.2 Å². The van der Waals surface area contributed by atoms with Gasteiger partial charge in [-0.3, -0.25) is 19.7 Å². The molecule has 0 heterocycles. The number of amides is 2. The van der Waals surface area contributed by atoms with Crippen LogP contribution in [0, 0.1) is 15.9 Å². The summed E-state index contributed by atoms with van der Waals surface area (Å²) in [5, 5.41) is 14.9. The van der Waals surface area contributed by atoms with Crippen LogP contribution in [-0.2, 0) is 9.59 Å². The Morgan fingerprint density at radius 2 is 1.50 bits per heavy atom. The fourth-order valence-electron chi connectivity index (χ4n) is 1.68. The van der Waals surface area contributed by atoms with E-state index in [0.29, 0.717) is 0 Å². The second-order valence-corrected chi connectivity index (χ2v) is 5.27. The van der Waals surface area contributed by atoms with Crippen molar-refractivity contribution in [3.63, 3.8) is 0 Å². The van der Waals surface area contributed by atoms with Gasteiger partial charge < -0.3 is 10.6 Å².